The molecule has 2 nitrogen and oxygen atoms in total. The Bertz CT molecular complexity index is 438. The highest BCUT2D eigenvalue weighted by Crippen LogP contribution is 2.39. The molecule has 94 valence electrons. The van der Waals surface area contributed by atoms with Crippen molar-refractivity contribution in [2.24, 2.45) is 5.41 Å². The van der Waals surface area contributed by atoms with E-state index in [0.29, 0.717) is 0 Å². The van der Waals surface area contributed by atoms with Gasteiger partial charge in [0.25, 0.3) is 0 Å². The summed E-state index contributed by atoms with van der Waals surface area (Å²) >= 11 is 0. The van der Waals surface area contributed by atoms with Crippen LogP contribution in [0.15, 0.2) is 36.4 Å². The van der Waals surface area contributed by atoms with E-state index in [9.17, 15) is 10.4 Å². The molecule has 2 rings (SSSR count). The Morgan fingerprint density at radius 2 is 1.83 bits per heavy atom. The lowest BCUT2D eigenvalue weighted by Crippen LogP contribution is -2.34. The Morgan fingerprint density at radius 3 is 2.44 bits per heavy atom. The lowest BCUT2D eigenvalue weighted by Gasteiger charge is -2.33. The molecular formula is C16H19NO. The van der Waals surface area contributed by atoms with Gasteiger partial charge in [-0.15, -0.1) is 0 Å². The minimum atomic E-state index is -0.664. The Kier molecular flexibility index (Phi) is 4.17. The summed E-state index contributed by atoms with van der Waals surface area (Å²) in [5, 5.41) is 19.6. The van der Waals surface area contributed by atoms with Gasteiger partial charge in [0.05, 0.1) is 17.6 Å². The SMILES string of the molecule is N#CC1(C(O)C=Cc2ccccc2)CCCCC1. The molecule has 1 aliphatic rings. The van der Waals surface area contributed by atoms with E-state index < -0.39 is 11.5 Å². The van der Waals surface area contributed by atoms with Crippen LogP contribution in [0.4, 0.5) is 0 Å². The smallest absolute Gasteiger partial charge is 0.0910 e. The van der Waals surface area contributed by atoms with Crippen molar-refractivity contribution in [1.29, 1.82) is 5.26 Å². The molecule has 1 aromatic carbocycles. The zero-order valence-electron chi connectivity index (χ0n) is 10.5. The van der Waals surface area contributed by atoms with Gasteiger partial charge in [-0.1, -0.05) is 61.7 Å². The van der Waals surface area contributed by atoms with Crippen LogP contribution >= 0.6 is 0 Å². The summed E-state index contributed by atoms with van der Waals surface area (Å²) in [6.07, 6.45) is 7.89. The van der Waals surface area contributed by atoms with Gasteiger partial charge in [-0.25, -0.2) is 0 Å². The van der Waals surface area contributed by atoms with Gasteiger partial charge < -0.3 is 5.11 Å². The topological polar surface area (TPSA) is 44.0 Å². The van der Waals surface area contributed by atoms with Crippen LogP contribution in [0.25, 0.3) is 6.08 Å². The van der Waals surface area contributed by atoms with Gasteiger partial charge in [-0.2, -0.15) is 5.26 Å². The Balaban J connectivity index is 2.09. The second-order valence-corrected chi connectivity index (χ2v) is 5.04. The molecular weight excluding hydrogens is 222 g/mol. The second kappa shape index (κ2) is 5.84. The molecule has 0 heterocycles. The van der Waals surface area contributed by atoms with Gasteiger partial charge >= 0.3 is 0 Å². The number of aliphatic hydroxyl groups is 1. The van der Waals surface area contributed by atoms with E-state index in [4.69, 9.17) is 0 Å². The predicted octanol–water partition coefficient (Wildman–Crippen LogP) is 3.53. The van der Waals surface area contributed by atoms with E-state index >= 15 is 0 Å². The van der Waals surface area contributed by atoms with Gasteiger partial charge in [0.1, 0.15) is 0 Å². The van der Waals surface area contributed by atoms with Crippen molar-refractivity contribution in [3.8, 4) is 6.07 Å². The molecule has 18 heavy (non-hydrogen) atoms. The number of hydrogen-bond donors (Lipinski definition) is 1. The molecule has 1 unspecified atom stereocenters. The summed E-state index contributed by atoms with van der Waals surface area (Å²) < 4.78 is 0. The monoisotopic (exact) mass is 241 g/mol. The predicted molar refractivity (Wildman–Crippen MR) is 72.6 cm³/mol. The minimum absolute atomic E-state index is 0.566. The molecule has 0 amide bonds. The minimum Gasteiger partial charge on any atom is -0.387 e. The van der Waals surface area contributed by atoms with E-state index in [1.54, 1.807) is 6.08 Å². The maximum absolute atomic E-state index is 10.3. The number of rotatable bonds is 3. The first-order valence-corrected chi connectivity index (χ1v) is 6.59. The number of aliphatic hydroxyl groups excluding tert-OH is 1. The summed E-state index contributed by atoms with van der Waals surface area (Å²) in [7, 11) is 0. The third-order valence-corrected chi connectivity index (χ3v) is 3.81. The number of nitriles is 1. The fourth-order valence-electron chi connectivity index (χ4n) is 2.61. The summed E-state index contributed by atoms with van der Waals surface area (Å²) in [5.74, 6) is 0. The van der Waals surface area contributed by atoms with Gasteiger partial charge in [0.2, 0.25) is 0 Å². The summed E-state index contributed by atoms with van der Waals surface area (Å²) in [6.45, 7) is 0. The largest absolute Gasteiger partial charge is 0.387 e. The van der Waals surface area contributed by atoms with Crippen LogP contribution in [0, 0.1) is 16.7 Å². The molecule has 0 bridgehead atoms. The molecule has 2 heteroatoms. The lowest BCUT2D eigenvalue weighted by molar-refractivity contribution is 0.0741. The molecule has 1 fully saturated rings. The standard InChI is InChI=1S/C16H19NO/c17-13-16(11-5-2-6-12-16)15(18)10-9-14-7-3-1-4-8-14/h1,3-4,7-10,15,18H,2,5-6,11-12H2. The van der Waals surface area contributed by atoms with Crippen molar-refractivity contribution >= 4 is 6.08 Å². The first-order chi connectivity index (χ1) is 8.77. The maximum atomic E-state index is 10.3. The van der Waals surface area contributed by atoms with Gasteiger partial charge in [0.15, 0.2) is 0 Å². The first-order valence-electron chi connectivity index (χ1n) is 6.59. The summed E-state index contributed by atoms with van der Waals surface area (Å²) in [5.41, 5.74) is 0.490. The zero-order chi connectivity index (χ0) is 12.8. The average molecular weight is 241 g/mol. The Morgan fingerprint density at radius 1 is 1.17 bits per heavy atom. The highest BCUT2D eigenvalue weighted by Gasteiger charge is 2.37. The number of benzene rings is 1. The van der Waals surface area contributed by atoms with Crippen LogP contribution in [-0.2, 0) is 0 Å². The highest BCUT2D eigenvalue weighted by atomic mass is 16.3. The molecule has 0 spiro atoms. The Labute approximate surface area is 109 Å². The van der Waals surface area contributed by atoms with Crippen molar-refractivity contribution in [2.45, 2.75) is 38.2 Å². The molecule has 0 saturated heterocycles. The lowest BCUT2D eigenvalue weighted by atomic mass is 9.71. The van der Waals surface area contributed by atoms with Crippen molar-refractivity contribution in [1.82, 2.24) is 0 Å². The van der Waals surface area contributed by atoms with Gasteiger partial charge in [-0.3, -0.25) is 0 Å². The van der Waals surface area contributed by atoms with Crippen LogP contribution in [0.1, 0.15) is 37.7 Å². The summed E-state index contributed by atoms with van der Waals surface area (Å²) in [6, 6.07) is 12.2. The third kappa shape index (κ3) is 2.80. The molecule has 1 saturated carbocycles. The molecule has 1 N–H and O–H groups in total. The highest BCUT2D eigenvalue weighted by molar-refractivity contribution is 5.49. The molecule has 1 atom stereocenters. The zero-order valence-corrected chi connectivity index (χ0v) is 10.5. The Hall–Kier alpha value is -1.59. The fourth-order valence-corrected chi connectivity index (χ4v) is 2.61. The van der Waals surface area contributed by atoms with Crippen LogP contribution in [0.5, 0.6) is 0 Å². The van der Waals surface area contributed by atoms with Crippen LogP contribution in [0.3, 0.4) is 0 Å². The molecule has 1 aliphatic carbocycles. The quantitative estimate of drug-likeness (QED) is 0.879. The number of hydrogen-bond acceptors (Lipinski definition) is 2. The van der Waals surface area contributed by atoms with E-state index in [1.807, 2.05) is 36.4 Å². The molecule has 0 radical (unpaired) electrons. The molecule has 0 aliphatic heterocycles. The molecule has 1 aromatic rings. The van der Waals surface area contributed by atoms with Crippen molar-refractivity contribution in [3.05, 3.63) is 42.0 Å². The van der Waals surface area contributed by atoms with Crippen LogP contribution < -0.4 is 0 Å². The second-order valence-electron chi connectivity index (χ2n) is 5.04. The van der Waals surface area contributed by atoms with Gasteiger partial charge in [-0.05, 0) is 18.4 Å². The van der Waals surface area contributed by atoms with Gasteiger partial charge in [0, 0.05) is 0 Å². The van der Waals surface area contributed by atoms with Crippen molar-refractivity contribution in [2.75, 3.05) is 0 Å². The first kappa shape index (κ1) is 12.9. The maximum Gasteiger partial charge on any atom is 0.0910 e. The fraction of sp³-hybridized carbons (Fsp3) is 0.438. The van der Waals surface area contributed by atoms with E-state index in [0.717, 1.165) is 31.2 Å². The van der Waals surface area contributed by atoms with E-state index in [-0.39, 0.29) is 0 Å². The normalized spacial score (nSPS) is 20.4. The average Bonchev–Trinajstić information content (AvgIpc) is 2.46. The third-order valence-electron chi connectivity index (χ3n) is 3.81. The van der Waals surface area contributed by atoms with Crippen molar-refractivity contribution < 1.29 is 5.11 Å². The molecule has 0 aromatic heterocycles. The van der Waals surface area contributed by atoms with Crippen molar-refractivity contribution in [3.63, 3.8) is 0 Å². The van der Waals surface area contributed by atoms with E-state index in [2.05, 4.69) is 6.07 Å². The van der Waals surface area contributed by atoms with E-state index in [1.165, 1.54) is 6.42 Å². The number of nitrogens with zero attached hydrogens (tertiary/aromatic N) is 1. The van der Waals surface area contributed by atoms with Crippen LogP contribution in [0.2, 0.25) is 0 Å². The van der Waals surface area contributed by atoms with Crippen LogP contribution in [-0.4, -0.2) is 11.2 Å². The summed E-state index contributed by atoms with van der Waals surface area (Å²) in [4.78, 5) is 0.